The van der Waals surface area contributed by atoms with Crippen LogP contribution >= 0.6 is 23.2 Å². The van der Waals surface area contributed by atoms with Gasteiger partial charge in [0.1, 0.15) is 12.4 Å². The number of fused-ring (bicyclic) bond motifs is 1. The molecule has 0 saturated carbocycles. The zero-order chi connectivity index (χ0) is 20.2. The normalized spacial score (nSPS) is 15.7. The van der Waals surface area contributed by atoms with Crippen LogP contribution in [0.1, 0.15) is 11.3 Å². The van der Waals surface area contributed by atoms with E-state index in [-0.39, 0.29) is 0 Å². The molecule has 0 spiro atoms. The topological polar surface area (TPSA) is 28.6 Å². The van der Waals surface area contributed by atoms with Gasteiger partial charge in [0.05, 0.1) is 15.6 Å². The van der Waals surface area contributed by atoms with Crippen molar-refractivity contribution in [2.24, 2.45) is 0 Å². The van der Waals surface area contributed by atoms with Crippen LogP contribution in [0.25, 0.3) is 10.9 Å². The summed E-state index contributed by atoms with van der Waals surface area (Å²) in [4.78, 5) is 9.45. The number of hydrogen-bond donors (Lipinski definition) is 0. The Balaban J connectivity index is 1.26. The molecule has 1 aromatic heterocycles. The molecule has 0 atom stereocenters. The maximum absolute atomic E-state index is 6.33. The van der Waals surface area contributed by atoms with Crippen molar-refractivity contribution < 1.29 is 4.74 Å². The summed E-state index contributed by atoms with van der Waals surface area (Å²) in [6.07, 6.45) is 0. The molecule has 0 N–H and O–H groups in total. The van der Waals surface area contributed by atoms with Crippen LogP contribution in [0.15, 0.2) is 48.5 Å². The molecule has 0 amide bonds. The largest absolute Gasteiger partial charge is 0.492 e. The van der Waals surface area contributed by atoms with Crippen molar-refractivity contribution in [1.82, 2.24) is 14.8 Å². The standard InChI is InChI=1S/C23H25Cl2N3O/c1-17-8-9-19-21(26-17)6-3-7-22(19)29-15-14-27-10-12-28(13-11-27)16-18-4-2-5-20(24)23(18)25/h2-9H,10-16H2,1H3. The number of benzene rings is 2. The zero-order valence-corrected chi connectivity index (χ0v) is 18.1. The average molecular weight is 430 g/mol. The molecule has 1 saturated heterocycles. The van der Waals surface area contributed by atoms with Crippen molar-refractivity contribution in [3.8, 4) is 5.75 Å². The van der Waals surface area contributed by atoms with Crippen LogP contribution in [0.4, 0.5) is 0 Å². The van der Waals surface area contributed by atoms with Gasteiger partial charge in [0, 0.05) is 50.3 Å². The summed E-state index contributed by atoms with van der Waals surface area (Å²) in [6, 6.07) is 16.0. The maximum atomic E-state index is 6.33. The van der Waals surface area contributed by atoms with Crippen LogP contribution in [-0.2, 0) is 6.54 Å². The second-order valence-electron chi connectivity index (χ2n) is 7.45. The fourth-order valence-electron chi connectivity index (χ4n) is 3.72. The Morgan fingerprint density at radius 3 is 2.52 bits per heavy atom. The molecular formula is C23H25Cl2N3O. The van der Waals surface area contributed by atoms with Gasteiger partial charge in [-0.1, -0.05) is 41.4 Å². The van der Waals surface area contributed by atoms with Gasteiger partial charge >= 0.3 is 0 Å². The third-order valence-electron chi connectivity index (χ3n) is 5.39. The number of pyridine rings is 1. The second-order valence-corrected chi connectivity index (χ2v) is 8.24. The van der Waals surface area contributed by atoms with Crippen LogP contribution in [0.5, 0.6) is 5.75 Å². The zero-order valence-electron chi connectivity index (χ0n) is 16.6. The Morgan fingerprint density at radius 2 is 1.69 bits per heavy atom. The summed E-state index contributed by atoms with van der Waals surface area (Å²) in [5.41, 5.74) is 3.10. The lowest BCUT2D eigenvalue weighted by Crippen LogP contribution is -2.47. The SMILES string of the molecule is Cc1ccc2c(OCCN3CCN(Cc4cccc(Cl)c4Cl)CC3)cccc2n1. The first-order valence-corrected chi connectivity index (χ1v) is 10.7. The van der Waals surface area contributed by atoms with Gasteiger partial charge in [-0.2, -0.15) is 0 Å². The molecular weight excluding hydrogens is 405 g/mol. The second kappa shape index (κ2) is 9.31. The van der Waals surface area contributed by atoms with E-state index in [1.807, 2.05) is 43.3 Å². The van der Waals surface area contributed by atoms with Crippen LogP contribution in [0, 0.1) is 6.92 Å². The minimum absolute atomic E-state index is 0.624. The third-order valence-corrected chi connectivity index (χ3v) is 6.24. The smallest absolute Gasteiger partial charge is 0.128 e. The lowest BCUT2D eigenvalue weighted by molar-refractivity contribution is 0.113. The van der Waals surface area contributed by atoms with Crippen LogP contribution in [0.2, 0.25) is 10.0 Å². The molecule has 1 fully saturated rings. The molecule has 0 radical (unpaired) electrons. The lowest BCUT2D eigenvalue weighted by Gasteiger charge is -2.34. The molecule has 1 aliphatic rings. The number of hydrogen-bond acceptors (Lipinski definition) is 4. The Morgan fingerprint density at radius 1 is 0.931 bits per heavy atom. The van der Waals surface area contributed by atoms with E-state index in [4.69, 9.17) is 27.9 Å². The first kappa shape index (κ1) is 20.4. The van der Waals surface area contributed by atoms with E-state index < -0.39 is 0 Å². The van der Waals surface area contributed by atoms with Crippen molar-refractivity contribution >= 4 is 34.1 Å². The fourth-order valence-corrected chi connectivity index (χ4v) is 4.10. The molecule has 4 nitrogen and oxygen atoms in total. The highest BCUT2D eigenvalue weighted by atomic mass is 35.5. The summed E-state index contributed by atoms with van der Waals surface area (Å²) >= 11 is 12.5. The lowest BCUT2D eigenvalue weighted by atomic mass is 10.2. The predicted octanol–water partition coefficient (Wildman–Crippen LogP) is 5.05. The molecule has 4 rings (SSSR count). The summed E-state index contributed by atoms with van der Waals surface area (Å²) in [5.74, 6) is 0.907. The molecule has 6 heteroatoms. The van der Waals surface area contributed by atoms with E-state index in [1.165, 1.54) is 0 Å². The van der Waals surface area contributed by atoms with E-state index in [1.54, 1.807) is 0 Å². The van der Waals surface area contributed by atoms with Crippen molar-refractivity contribution in [2.75, 3.05) is 39.3 Å². The molecule has 152 valence electrons. The Labute approximate surface area is 182 Å². The molecule has 0 unspecified atom stereocenters. The monoisotopic (exact) mass is 429 g/mol. The van der Waals surface area contributed by atoms with Gasteiger partial charge in [0.2, 0.25) is 0 Å². The quantitative estimate of drug-likeness (QED) is 0.548. The molecule has 29 heavy (non-hydrogen) atoms. The highest BCUT2D eigenvalue weighted by Gasteiger charge is 2.18. The van der Waals surface area contributed by atoms with E-state index in [2.05, 4.69) is 26.9 Å². The van der Waals surface area contributed by atoms with E-state index in [9.17, 15) is 0 Å². The fraction of sp³-hybridized carbons (Fsp3) is 0.348. The van der Waals surface area contributed by atoms with Gasteiger partial charge in [-0.15, -0.1) is 0 Å². The van der Waals surface area contributed by atoms with Crippen molar-refractivity contribution in [1.29, 1.82) is 0 Å². The maximum Gasteiger partial charge on any atom is 0.128 e. The number of aromatic nitrogens is 1. The van der Waals surface area contributed by atoms with Gasteiger partial charge in [-0.3, -0.25) is 14.8 Å². The van der Waals surface area contributed by atoms with Gasteiger partial charge in [0.25, 0.3) is 0 Å². The van der Waals surface area contributed by atoms with Gasteiger partial charge in [-0.05, 0) is 42.8 Å². The van der Waals surface area contributed by atoms with Crippen molar-refractivity contribution in [2.45, 2.75) is 13.5 Å². The third kappa shape index (κ3) is 5.01. The van der Waals surface area contributed by atoms with Crippen LogP contribution < -0.4 is 4.74 Å². The van der Waals surface area contributed by atoms with E-state index in [0.29, 0.717) is 16.7 Å². The number of piperazine rings is 1. The number of ether oxygens (including phenoxy) is 1. The van der Waals surface area contributed by atoms with Gasteiger partial charge < -0.3 is 4.74 Å². The minimum atomic E-state index is 0.624. The Kier molecular flexibility index (Phi) is 6.56. The summed E-state index contributed by atoms with van der Waals surface area (Å²) in [7, 11) is 0. The molecule has 0 aliphatic carbocycles. The van der Waals surface area contributed by atoms with Gasteiger partial charge in [-0.25, -0.2) is 0 Å². The predicted molar refractivity (Wildman–Crippen MR) is 120 cm³/mol. The minimum Gasteiger partial charge on any atom is -0.492 e. The van der Waals surface area contributed by atoms with Crippen LogP contribution in [-0.4, -0.2) is 54.1 Å². The number of nitrogens with zero attached hydrogens (tertiary/aromatic N) is 3. The highest BCUT2D eigenvalue weighted by molar-refractivity contribution is 6.42. The highest BCUT2D eigenvalue weighted by Crippen LogP contribution is 2.27. The van der Waals surface area contributed by atoms with E-state index >= 15 is 0 Å². The molecule has 3 aromatic rings. The molecule has 1 aliphatic heterocycles. The first-order valence-electron chi connectivity index (χ1n) is 9.97. The summed E-state index contributed by atoms with van der Waals surface area (Å²) in [6.45, 7) is 8.52. The number of rotatable bonds is 6. The number of halogens is 2. The molecule has 0 bridgehead atoms. The van der Waals surface area contributed by atoms with Crippen molar-refractivity contribution in [3.05, 3.63) is 69.8 Å². The first-order chi connectivity index (χ1) is 14.1. The van der Waals surface area contributed by atoms with Gasteiger partial charge in [0.15, 0.2) is 0 Å². The number of aryl methyl sites for hydroxylation is 1. The van der Waals surface area contributed by atoms with E-state index in [0.717, 1.165) is 67.2 Å². The molecule has 2 heterocycles. The van der Waals surface area contributed by atoms with Crippen molar-refractivity contribution in [3.63, 3.8) is 0 Å². The van der Waals surface area contributed by atoms with Crippen LogP contribution in [0.3, 0.4) is 0 Å². The Bertz CT molecular complexity index is 987. The molecule has 2 aromatic carbocycles. The summed E-state index contributed by atoms with van der Waals surface area (Å²) < 4.78 is 6.09. The Hall–Kier alpha value is -1.85. The average Bonchev–Trinajstić information content (AvgIpc) is 2.72. The summed E-state index contributed by atoms with van der Waals surface area (Å²) in [5, 5.41) is 2.37.